The Labute approximate surface area is 211 Å². The predicted octanol–water partition coefficient (Wildman–Crippen LogP) is 8.71. The van der Waals surface area contributed by atoms with Crippen LogP contribution in [0.2, 0.25) is 0 Å². The van der Waals surface area contributed by atoms with Gasteiger partial charge in [0.1, 0.15) is 17.2 Å². The Morgan fingerprint density at radius 3 is 2.17 bits per heavy atom. The zero-order valence-corrected chi connectivity index (χ0v) is 19.9. The van der Waals surface area contributed by atoms with Gasteiger partial charge in [-0.1, -0.05) is 34.1 Å². The number of alkyl halides is 3. The van der Waals surface area contributed by atoms with Crippen LogP contribution in [0.3, 0.4) is 0 Å². The number of benzene rings is 4. The first-order valence-electron chi connectivity index (χ1n) is 10.4. The lowest BCUT2D eigenvalue weighted by Crippen LogP contribution is -2.06. The molecular formula is C26H16BrF3N2O4. The zero-order chi connectivity index (χ0) is 25.7. The summed E-state index contributed by atoms with van der Waals surface area (Å²) in [6.07, 6.45) is -3.23. The molecule has 4 aromatic rings. The first-order valence-corrected chi connectivity index (χ1v) is 11.2. The Morgan fingerprint density at radius 1 is 0.833 bits per heavy atom. The van der Waals surface area contributed by atoms with Gasteiger partial charge in [0.05, 0.1) is 16.2 Å². The van der Waals surface area contributed by atoms with Crippen LogP contribution in [0.5, 0.6) is 23.0 Å². The molecule has 0 N–H and O–H groups in total. The van der Waals surface area contributed by atoms with Crippen molar-refractivity contribution in [1.29, 1.82) is 0 Å². The summed E-state index contributed by atoms with van der Waals surface area (Å²) in [5, 5.41) is 11.4. The molecule has 36 heavy (non-hydrogen) atoms. The van der Waals surface area contributed by atoms with Crippen LogP contribution in [0.4, 0.5) is 24.5 Å². The third kappa shape index (κ3) is 6.28. The number of ether oxygens (including phenoxy) is 2. The van der Waals surface area contributed by atoms with E-state index < -0.39 is 22.4 Å². The third-order valence-electron chi connectivity index (χ3n) is 4.84. The first kappa shape index (κ1) is 24.9. The fourth-order valence-electron chi connectivity index (χ4n) is 3.12. The normalized spacial score (nSPS) is 11.4. The SMILES string of the molecule is O=[N+]([O-])c1cc(C(F)(F)F)ccc1Oc1ccc(Br)cc1C=Nc1ccc(Oc2ccccc2)cc1. The van der Waals surface area contributed by atoms with Crippen molar-refractivity contribution in [1.82, 2.24) is 0 Å². The van der Waals surface area contributed by atoms with E-state index in [0.29, 0.717) is 33.3 Å². The summed E-state index contributed by atoms with van der Waals surface area (Å²) in [5.74, 6) is 1.17. The molecule has 0 saturated heterocycles. The summed E-state index contributed by atoms with van der Waals surface area (Å²) in [6, 6.07) is 23.2. The highest BCUT2D eigenvalue weighted by Crippen LogP contribution is 2.38. The van der Waals surface area contributed by atoms with E-state index in [1.807, 2.05) is 30.3 Å². The van der Waals surface area contributed by atoms with Crippen molar-refractivity contribution in [3.63, 3.8) is 0 Å². The van der Waals surface area contributed by atoms with Gasteiger partial charge in [-0.05, 0) is 66.7 Å². The number of halogens is 4. The number of hydrogen-bond donors (Lipinski definition) is 0. The van der Waals surface area contributed by atoms with Crippen molar-refractivity contribution in [3.05, 3.63) is 117 Å². The van der Waals surface area contributed by atoms with Crippen LogP contribution >= 0.6 is 15.9 Å². The highest BCUT2D eigenvalue weighted by atomic mass is 79.9. The van der Waals surface area contributed by atoms with Gasteiger partial charge in [0.15, 0.2) is 0 Å². The molecule has 0 radical (unpaired) electrons. The Balaban J connectivity index is 1.57. The minimum Gasteiger partial charge on any atom is -0.457 e. The quantitative estimate of drug-likeness (QED) is 0.129. The molecule has 4 rings (SSSR count). The fourth-order valence-corrected chi connectivity index (χ4v) is 3.50. The Kier molecular flexibility index (Phi) is 7.35. The zero-order valence-electron chi connectivity index (χ0n) is 18.3. The molecule has 0 aliphatic rings. The molecule has 0 heterocycles. The van der Waals surface area contributed by atoms with E-state index in [1.54, 1.807) is 36.4 Å². The molecule has 6 nitrogen and oxygen atoms in total. The second-order valence-corrected chi connectivity index (χ2v) is 8.30. The highest BCUT2D eigenvalue weighted by Gasteiger charge is 2.33. The lowest BCUT2D eigenvalue weighted by Gasteiger charge is -2.12. The Hall–Kier alpha value is -4.18. The second kappa shape index (κ2) is 10.6. The summed E-state index contributed by atoms with van der Waals surface area (Å²) in [5.41, 5.74) is -0.895. The third-order valence-corrected chi connectivity index (χ3v) is 5.34. The van der Waals surface area contributed by atoms with Crippen molar-refractivity contribution < 1.29 is 27.6 Å². The van der Waals surface area contributed by atoms with Crippen molar-refractivity contribution in [2.45, 2.75) is 6.18 Å². The molecule has 0 aliphatic heterocycles. The molecular weight excluding hydrogens is 541 g/mol. The number of para-hydroxylation sites is 1. The van der Waals surface area contributed by atoms with Crippen LogP contribution in [0.25, 0.3) is 0 Å². The van der Waals surface area contributed by atoms with Gasteiger partial charge in [-0.3, -0.25) is 15.1 Å². The van der Waals surface area contributed by atoms with Crippen LogP contribution in [0, 0.1) is 10.1 Å². The standard InChI is InChI=1S/C26H16BrF3N2O4/c27-19-7-13-24(36-25-12-6-18(26(28,29)30)15-23(25)32(33)34)17(14-19)16-31-20-8-10-22(11-9-20)35-21-4-2-1-3-5-21/h1-16H. The van der Waals surface area contributed by atoms with E-state index in [0.717, 1.165) is 12.1 Å². The minimum absolute atomic E-state index is 0.175. The molecule has 0 aromatic heterocycles. The van der Waals surface area contributed by atoms with Crippen LogP contribution in [0.1, 0.15) is 11.1 Å². The average Bonchev–Trinajstić information content (AvgIpc) is 2.85. The molecule has 0 amide bonds. The maximum absolute atomic E-state index is 13.0. The van der Waals surface area contributed by atoms with Crippen molar-refractivity contribution in [2.75, 3.05) is 0 Å². The minimum atomic E-state index is -4.72. The lowest BCUT2D eigenvalue weighted by atomic mass is 10.1. The predicted molar refractivity (Wildman–Crippen MR) is 133 cm³/mol. The Bertz CT molecular complexity index is 1410. The fraction of sp³-hybridized carbons (Fsp3) is 0.0385. The summed E-state index contributed by atoms with van der Waals surface area (Å²) < 4.78 is 51.1. The van der Waals surface area contributed by atoms with Crippen LogP contribution < -0.4 is 9.47 Å². The van der Waals surface area contributed by atoms with E-state index >= 15 is 0 Å². The van der Waals surface area contributed by atoms with Crippen molar-refractivity contribution in [3.8, 4) is 23.0 Å². The number of nitro groups is 1. The molecule has 0 unspecified atom stereocenters. The van der Waals surface area contributed by atoms with E-state index in [1.165, 1.54) is 12.3 Å². The van der Waals surface area contributed by atoms with Gasteiger partial charge >= 0.3 is 11.9 Å². The van der Waals surface area contributed by atoms with Gasteiger partial charge < -0.3 is 9.47 Å². The van der Waals surface area contributed by atoms with E-state index in [-0.39, 0.29) is 11.5 Å². The van der Waals surface area contributed by atoms with E-state index in [9.17, 15) is 23.3 Å². The smallest absolute Gasteiger partial charge is 0.416 e. The summed E-state index contributed by atoms with van der Waals surface area (Å²) in [4.78, 5) is 14.9. The first-order chi connectivity index (χ1) is 17.2. The van der Waals surface area contributed by atoms with E-state index in [2.05, 4.69) is 20.9 Å². The number of nitro benzene ring substituents is 1. The molecule has 0 spiro atoms. The second-order valence-electron chi connectivity index (χ2n) is 7.39. The summed E-state index contributed by atoms with van der Waals surface area (Å²) >= 11 is 3.35. The van der Waals surface area contributed by atoms with Gasteiger partial charge in [0, 0.05) is 22.3 Å². The average molecular weight is 557 g/mol. The van der Waals surface area contributed by atoms with Crippen LogP contribution in [-0.4, -0.2) is 11.1 Å². The number of aliphatic imine (C=N–C) groups is 1. The number of rotatable bonds is 7. The molecule has 182 valence electrons. The molecule has 0 aliphatic carbocycles. The Morgan fingerprint density at radius 2 is 1.50 bits per heavy atom. The van der Waals surface area contributed by atoms with E-state index in [4.69, 9.17) is 9.47 Å². The van der Waals surface area contributed by atoms with Gasteiger partial charge in [-0.15, -0.1) is 0 Å². The van der Waals surface area contributed by atoms with Gasteiger partial charge in [-0.25, -0.2) is 0 Å². The van der Waals surface area contributed by atoms with Gasteiger partial charge in [0.25, 0.3) is 0 Å². The van der Waals surface area contributed by atoms with Gasteiger partial charge in [-0.2, -0.15) is 13.2 Å². The molecule has 10 heteroatoms. The molecule has 0 atom stereocenters. The van der Waals surface area contributed by atoms with Gasteiger partial charge in [0.2, 0.25) is 5.75 Å². The topological polar surface area (TPSA) is 74.0 Å². The molecule has 4 aromatic carbocycles. The van der Waals surface area contributed by atoms with Crippen LogP contribution in [-0.2, 0) is 6.18 Å². The maximum atomic E-state index is 13.0. The lowest BCUT2D eigenvalue weighted by molar-refractivity contribution is -0.385. The largest absolute Gasteiger partial charge is 0.457 e. The molecule has 0 saturated carbocycles. The van der Waals surface area contributed by atoms with Crippen LogP contribution in [0.15, 0.2) is 100 Å². The highest BCUT2D eigenvalue weighted by molar-refractivity contribution is 9.10. The summed E-state index contributed by atoms with van der Waals surface area (Å²) in [7, 11) is 0. The van der Waals surface area contributed by atoms with Crippen molar-refractivity contribution in [2.24, 2.45) is 4.99 Å². The number of hydrogen-bond acceptors (Lipinski definition) is 5. The molecule has 0 bridgehead atoms. The molecule has 0 fully saturated rings. The number of nitrogens with zero attached hydrogens (tertiary/aromatic N) is 2. The van der Waals surface area contributed by atoms with Crippen molar-refractivity contribution >= 4 is 33.5 Å². The summed E-state index contributed by atoms with van der Waals surface area (Å²) in [6.45, 7) is 0. The maximum Gasteiger partial charge on any atom is 0.416 e. The monoisotopic (exact) mass is 556 g/mol.